The van der Waals surface area contributed by atoms with Gasteiger partial charge in [0.15, 0.2) is 0 Å². The van der Waals surface area contributed by atoms with E-state index in [1.54, 1.807) is 20.8 Å². The second kappa shape index (κ2) is 30.7. The van der Waals surface area contributed by atoms with Crippen LogP contribution in [0.2, 0.25) is 0 Å². The maximum absolute atomic E-state index is 9.54. The van der Waals surface area contributed by atoms with Crippen LogP contribution in [0.1, 0.15) is 54.9 Å². The Labute approximate surface area is 121 Å². The first-order chi connectivity index (χ1) is 9.00. The largest absolute Gasteiger partial charge is 0.550 e. The summed E-state index contributed by atoms with van der Waals surface area (Å²) in [5.74, 6) is -2.30. The van der Waals surface area contributed by atoms with E-state index in [4.69, 9.17) is 25.2 Å². The fraction of sp³-hybridized carbons (Fsp3) is 0.846. The first kappa shape index (κ1) is 31.3. The van der Waals surface area contributed by atoms with E-state index in [0.717, 1.165) is 6.92 Å². The predicted octanol–water partition coefficient (Wildman–Crippen LogP) is -1.32. The molecule has 0 bridgehead atoms. The lowest BCUT2D eigenvalue weighted by molar-refractivity contribution is -0.307. The van der Waals surface area contributed by atoms with Crippen LogP contribution < -0.4 is 10.2 Å². The third kappa shape index (κ3) is 529. The second-order valence-electron chi connectivity index (χ2n) is 3.33. The molecule has 0 amide bonds. The van der Waals surface area contributed by atoms with E-state index in [1.807, 2.05) is 13.8 Å². The molecule has 0 aromatic carbocycles. The number of hydrogen-bond donors (Lipinski definition) is 3. The number of carboxylic acid groups (broad SMARTS) is 2. The third-order valence-electron chi connectivity index (χ3n) is 0.462. The molecule has 0 rings (SSSR count). The first-order valence-electron chi connectivity index (χ1n) is 6.35. The minimum absolute atomic E-state index is 0.167. The number of carbonyl (C=O) groups excluding carboxylic acids is 2. The van der Waals surface area contributed by atoms with E-state index in [0.29, 0.717) is 0 Å². The summed E-state index contributed by atoms with van der Waals surface area (Å²) in [6.45, 7) is 11.7. The molecule has 0 saturated heterocycles. The number of carboxylic acids is 2. The maximum Gasteiger partial charge on any atom is 0.0564 e. The topological polar surface area (TPSA) is 141 Å². The number of carbonyl (C=O) groups is 2. The summed E-state index contributed by atoms with van der Waals surface area (Å²) >= 11 is 0. The number of hydrogen-bond acceptors (Lipinski definition) is 7. The highest BCUT2D eigenvalue weighted by Gasteiger charge is 1.91. The standard InChI is InChI=1S/C4H8O3.C3H8O.C2H4O2.C2H6O.C2H6/c1-3(5)2-4(6)7;1-3(2)4;1-2(3)4;1-2-3;1-2/h3,5H,2H2,1H3,(H,6,7);3-4H,1-2H3;1H3,(H,3,4);3H,2H2,1H3;1-2H3/p-2. The van der Waals surface area contributed by atoms with Crippen molar-refractivity contribution >= 4 is 11.9 Å². The van der Waals surface area contributed by atoms with E-state index in [2.05, 4.69) is 0 Å². The summed E-state index contributed by atoms with van der Waals surface area (Å²) in [4.78, 5) is 18.4. The second-order valence-corrected chi connectivity index (χ2v) is 3.33. The van der Waals surface area contributed by atoms with Crippen molar-refractivity contribution in [1.29, 1.82) is 0 Å². The molecule has 20 heavy (non-hydrogen) atoms. The first-order valence-corrected chi connectivity index (χ1v) is 6.35. The van der Waals surface area contributed by atoms with Gasteiger partial charge in [0.2, 0.25) is 0 Å². The van der Waals surface area contributed by atoms with E-state index >= 15 is 0 Å². The fourth-order valence-corrected chi connectivity index (χ4v) is 0.241. The maximum atomic E-state index is 9.54. The molecule has 1 unspecified atom stereocenters. The smallest absolute Gasteiger partial charge is 0.0564 e. The van der Waals surface area contributed by atoms with Gasteiger partial charge in [-0.25, -0.2) is 0 Å². The zero-order chi connectivity index (χ0) is 17.7. The molecule has 0 aliphatic carbocycles. The van der Waals surface area contributed by atoms with Gasteiger partial charge in [0.1, 0.15) is 0 Å². The molecular weight excluding hydrogens is 268 g/mol. The fourth-order valence-electron chi connectivity index (χ4n) is 0.241. The van der Waals surface area contributed by atoms with Crippen LogP contribution in [0.3, 0.4) is 0 Å². The van der Waals surface area contributed by atoms with Crippen molar-refractivity contribution in [2.75, 3.05) is 6.61 Å². The molecule has 126 valence electrons. The van der Waals surface area contributed by atoms with Crippen LogP contribution in [0, 0.1) is 0 Å². The third-order valence-corrected chi connectivity index (χ3v) is 0.462. The molecule has 0 spiro atoms. The summed E-state index contributed by atoms with van der Waals surface area (Å²) in [6.07, 6.45) is -1.23. The van der Waals surface area contributed by atoms with E-state index < -0.39 is 18.0 Å². The minimum atomic E-state index is -1.21. The van der Waals surface area contributed by atoms with Gasteiger partial charge < -0.3 is 35.1 Å². The molecule has 7 heteroatoms. The number of rotatable bonds is 2. The summed E-state index contributed by atoms with van der Waals surface area (Å²) in [5.41, 5.74) is 0. The molecular formula is C13H30O7-2. The lowest BCUT2D eigenvalue weighted by Gasteiger charge is -2.01. The van der Waals surface area contributed by atoms with Gasteiger partial charge in [0, 0.05) is 31.1 Å². The van der Waals surface area contributed by atoms with E-state index in [-0.39, 0.29) is 19.1 Å². The van der Waals surface area contributed by atoms with Gasteiger partial charge in [-0.1, -0.05) is 13.8 Å². The average molecular weight is 298 g/mol. The molecule has 0 aliphatic heterocycles. The predicted molar refractivity (Wildman–Crippen MR) is 73.4 cm³/mol. The molecule has 0 fully saturated rings. The van der Waals surface area contributed by atoms with Crippen molar-refractivity contribution in [3.8, 4) is 0 Å². The molecule has 0 radical (unpaired) electrons. The Morgan fingerprint density at radius 1 is 1.05 bits per heavy atom. The van der Waals surface area contributed by atoms with Crippen molar-refractivity contribution < 1.29 is 35.1 Å². The number of aliphatic hydroxyl groups excluding tert-OH is 3. The van der Waals surface area contributed by atoms with Gasteiger partial charge in [-0.15, -0.1) is 0 Å². The Morgan fingerprint density at radius 3 is 1.20 bits per heavy atom. The number of aliphatic hydroxyl groups is 3. The van der Waals surface area contributed by atoms with Crippen LogP contribution >= 0.6 is 0 Å². The summed E-state index contributed by atoms with van der Waals surface area (Å²) < 4.78 is 0. The Balaban J connectivity index is -0.0000000505. The normalized spacial score (nSPS) is 8.95. The summed E-state index contributed by atoms with van der Waals surface area (Å²) in [6, 6.07) is 0. The molecule has 0 aromatic heterocycles. The van der Waals surface area contributed by atoms with Crippen LogP contribution in [-0.4, -0.2) is 46.1 Å². The molecule has 3 N–H and O–H groups in total. The van der Waals surface area contributed by atoms with Gasteiger partial charge in [-0.3, -0.25) is 0 Å². The van der Waals surface area contributed by atoms with Crippen LogP contribution in [0.5, 0.6) is 0 Å². The Hall–Kier alpha value is -1.18. The van der Waals surface area contributed by atoms with Crippen molar-refractivity contribution in [3.05, 3.63) is 0 Å². The molecule has 7 nitrogen and oxygen atoms in total. The van der Waals surface area contributed by atoms with Crippen molar-refractivity contribution in [2.24, 2.45) is 0 Å². The van der Waals surface area contributed by atoms with Crippen LogP contribution in [0.25, 0.3) is 0 Å². The van der Waals surface area contributed by atoms with Crippen molar-refractivity contribution in [1.82, 2.24) is 0 Å². The lowest BCUT2D eigenvalue weighted by Crippen LogP contribution is -2.25. The Morgan fingerprint density at radius 2 is 1.20 bits per heavy atom. The van der Waals surface area contributed by atoms with Crippen LogP contribution in [0.15, 0.2) is 0 Å². The molecule has 0 aromatic rings. The lowest BCUT2D eigenvalue weighted by atomic mass is 10.3. The van der Waals surface area contributed by atoms with E-state index in [9.17, 15) is 9.90 Å². The van der Waals surface area contributed by atoms with E-state index in [1.165, 1.54) is 6.92 Å². The molecule has 0 aliphatic rings. The quantitative estimate of drug-likeness (QED) is 0.573. The molecule has 0 heterocycles. The van der Waals surface area contributed by atoms with Gasteiger partial charge in [0.05, 0.1) is 6.10 Å². The highest BCUT2D eigenvalue weighted by molar-refractivity contribution is 5.64. The van der Waals surface area contributed by atoms with Gasteiger partial charge in [0.25, 0.3) is 0 Å². The van der Waals surface area contributed by atoms with Gasteiger partial charge in [-0.2, -0.15) is 0 Å². The monoisotopic (exact) mass is 298 g/mol. The SMILES string of the molecule is CC.CC(=O)[O-].CC(C)O.CC(O)CC(=O)[O-].CCO. The molecule has 0 saturated carbocycles. The highest BCUT2D eigenvalue weighted by atomic mass is 16.4. The van der Waals surface area contributed by atoms with Gasteiger partial charge >= 0.3 is 0 Å². The number of aliphatic carboxylic acids is 2. The average Bonchev–Trinajstić information content (AvgIpc) is 2.17. The summed E-state index contributed by atoms with van der Waals surface area (Å²) in [5, 5.41) is 42.4. The highest BCUT2D eigenvalue weighted by Crippen LogP contribution is 1.83. The Bertz CT molecular complexity index is 173. The van der Waals surface area contributed by atoms with Crippen molar-refractivity contribution in [3.63, 3.8) is 0 Å². The van der Waals surface area contributed by atoms with Crippen molar-refractivity contribution in [2.45, 2.75) is 67.1 Å². The van der Waals surface area contributed by atoms with Crippen LogP contribution in [-0.2, 0) is 9.59 Å². The summed E-state index contributed by atoms with van der Waals surface area (Å²) in [7, 11) is 0. The minimum Gasteiger partial charge on any atom is -0.550 e. The van der Waals surface area contributed by atoms with Crippen LogP contribution in [0.4, 0.5) is 0 Å². The zero-order valence-electron chi connectivity index (χ0n) is 13.5. The molecule has 1 atom stereocenters. The zero-order valence-corrected chi connectivity index (χ0v) is 13.5. The van der Waals surface area contributed by atoms with Gasteiger partial charge in [-0.05, 0) is 34.6 Å². The Kier molecular flexibility index (Phi) is 48.0.